The third kappa shape index (κ3) is 3.77. The molecule has 0 spiro atoms. The molecule has 1 aromatic heterocycles. The zero-order valence-electron chi connectivity index (χ0n) is 15.4. The molecular weight excluding hydrogens is 326 g/mol. The van der Waals surface area contributed by atoms with Crippen LogP contribution < -0.4 is 10.2 Å². The minimum absolute atomic E-state index is 0.0927. The van der Waals surface area contributed by atoms with Crippen molar-refractivity contribution in [2.24, 2.45) is 0 Å². The predicted molar refractivity (Wildman–Crippen MR) is 103 cm³/mol. The Kier molecular flexibility index (Phi) is 5.66. The highest BCUT2D eigenvalue weighted by Gasteiger charge is 2.31. The van der Waals surface area contributed by atoms with Gasteiger partial charge in [0.1, 0.15) is 5.69 Å². The first-order chi connectivity index (χ1) is 12.6. The van der Waals surface area contributed by atoms with E-state index in [4.69, 9.17) is 0 Å². The smallest absolute Gasteiger partial charge is 0.269 e. The van der Waals surface area contributed by atoms with E-state index in [-0.39, 0.29) is 23.6 Å². The predicted octanol–water partition coefficient (Wildman–Crippen LogP) is 3.59. The van der Waals surface area contributed by atoms with Gasteiger partial charge in [-0.1, -0.05) is 38.0 Å². The highest BCUT2D eigenvalue weighted by Crippen LogP contribution is 2.33. The fraction of sp³-hybridized carbons (Fsp3) is 0.381. The van der Waals surface area contributed by atoms with Crippen LogP contribution in [0, 0.1) is 0 Å². The van der Waals surface area contributed by atoms with Crippen LogP contribution in [0.1, 0.15) is 59.5 Å². The molecule has 136 valence electrons. The van der Waals surface area contributed by atoms with Gasteiger partial charge in [0.2, 0.25) is 0 Å². The number of hydrogen-bond acceptors (Lipinski definition) is 3. The molecule has 3 rings (SSSR count). The Hall–Kier alpha value is -2.69. The molecule has 1 aromatic carbocycles. The lowest BCUT2D eigenvalue weighted by atomic mass is 10.1. The second kappa shape index (κ2) is 8.13. The van der Waals surface area contributed by atoms with Crippen molar-refractivity contribution in [3.05, 3.63) is 59.4 Å². The van der Waals surface area contributed by atoms with Crippen molar-refractivity contribution in [2.45, 2.75) is 45.6 Å². The Morgan fingerprint density at radius 2 is 2.04 bits per heavy atom. The van der Waals surface area contributed by atoms with E-state index in [0.717, 1.165) is 31.4 Å². The molecule has 0 fully saturated rings. The second-order valence-corrected chi connectivity index (χ2v) is 6.75. The zero-order chi connectivity index (χ0) is 18.5. The van der Waals surface area contributed by atoms with E-state index in [1.807, 2.05) is 30.0 Å². The molecule has 1 aliphatic rings. The first-order valence-electron chi connectivity index (χ1n) is 9.27. The van der Waals surface area contributed by atoms with Crippen LogP contribution in [0.3, 0.4) is 0 Å². The summed E-state index contributed by atoms with van der Waals surface area (Å²) in [6.45, 7) is 4.79. The molecule has 1 N–H and O–H groups in total. The number of amides is 2. The summed E-state index contributed by atoms with van der Waals surface area (Å²) in [5.74, 6) is -0.324. The van der Waals surface area contributed by atoms with Gasteiger partial charge >= 0.3 is 0 Å². The molecule has 0 saturated heterocycles. The Balaban J connectivity index is 1.76. The van der Waals surface area contributed by atoms with Crippen molar-refractivity contribution < 1.29 is 9.59 Å². The molecule has 2 aromatic rings. The van der Waals surface area contributed by atoms with Crippen LogP contribution in [0.25, 0.3) is 0 Å². The molecule has 0 saturated carbocycles. The monoisotopic (exact) mass is 351 g/mol. The van der Waals surface area contributed by atoms with Crippen LogP contribution >= 0.6 is 0 Å². The third-order valence-corrected chi connectivity index (χ3v) is 4.73. The number of pyridine rings is 1. The van der Waals surface area contributed by atoms with Gasteiger partial charge in [-0.3, -0.25) is 14.6 Å². The maximum Gasteiger partial charge on any atom is 0.269 e. The van der Waals surface area contributed by atoms with Gasteiger partial charge in [0.15, 0.2) is 0 Å². The quantitative estimate of drug-likeness (QED) is 0.809. The van der Waals surface area contributed by atoms with E-state index in [2.05, 4.69) is 23.3 Å². The lowest BCUT2D eigenvalue weighted by molar-refractivity contribution is 0.0948. The minimum Gasteiger partial charge on any atom is -0.351 e. The van der Waals surface area contributed by atoms with Gasteiger partial charge in [0.05, 0.1) is 0 Å². The summed E-state index contributed by atoms with van der Waals surface area (Å²) in [4.78, 5) is 31.3. The van der Waals surface area contributed by atoms with Gasteiger partial charge in [-0.15, -0.1) is 0 Å². The van der Waals surface area contributed by atoms with E-state index in [0.29, 0.717) is 12.1 Å². The molecule has 5 nitrogen and oxygen atoms in total. The molecule has 5 heteroatoms. The topological polar surface area (TPSA) is 62.3 Å². The largest absolute Gasteiger partial charge is 0.351 e. The second-order valence-electron chi connectivity index (χ2n) is 6.75. The number of rotatable bonds is 6. The van der Waals surface area contributed by atoms with Crippen LogP contribution in [0.2, 0.25) is 0 Å². The summed E-state index contributed by atoms with van der Waals surface area (Å²) < 4.78 is 0. The normalized spacial score (nSPS) is 15.6. The van der Waals surface area contributed by atoms with E-state index in [1.165, 1.54) is 11.8 Å². The molecule has 1 unspecified atom stereocenters. The Morgan fingerprint density at radius 3 is 2.85 bits per heavy atom. The van der Waals surface area contributed by atoms with Crippen molar-refractivity contribution >= 4 is 17.5 Å². The average Bonchev–Trinajstić information content (AvgIpc) is 3.00. The number of unbranched alkanes of at least 4 members (excludes halogenated alkanes) is 2. The number of nitrogens with one attached hydrogen (secondary N) is 1. The zero-order valence-corrected chi connectivity index (χ0v) is 15.4. The molecule has 0 aliphatic carbocycles. The summed E-state index contributed by atoms with van der Waals surface area (Å²) >= 11 is 0. The number of aromatic nitrogens is 1. The van der Waals surface area contributed by atoms with Crippen LogP contribution in [-0.2, 0) is 6.42 Å². The number of carbonyl (C=O) groups excluding carboxylic acids is 2. The summed E-state index contributed by atoms with van der Waals surface area (Å²) in [5.41, 5.74) is 2.90. The Bertz CT molecular complexity index is 803. The summed E-state index contributed by atoms with van der Waals surface area (Å²) in [6, 6.07) is 11.3. The Morgan fingerprint density at radius 1 is 1.23 bits per heavy atom. The fourth-order valence-corrected chi connectivity index (χ4v) is 3.37. The standard InChI is InChI=1S/C21H25N3O2/c1-3-4-7-11-23-20(25)18-14-17(10-12-22-18)21(26)24-15(2)13-16-8-5-6-9-19(16)24/h5-6,8-10,12,14-15H,3-4,7,11,13H2,1-2H3,(H,23,25). The van der Waals surface area contributed by atoms with Crippen molar-refractivity contribution in [1.29, 1.82) is 0 Å². The lowest BCUT2D eigenvalue weighted by Crippen LogP contribution is -2.36. The van der Waals surface area contributed by atoms with E-state index < -0.39 is 0 Å². The summed E-state index contributed by atoms with van der Waals surface area (Å²) in [5, 5.41) is 2.87. The van der Waals surface area contributed by atoms with Crippen LogP contribution in [0.5, 0.6) is 0 Å². The fourth-order valence-electron chi connectivity index (χ4n) is 3.37. The molecule has 2 amide bonds. The summed E-state index contributed by atoms with van der Waals surface area (Å²) in [6.07, 6.45) is 5.51. The number of para-hydroxylation sites is 1. The molecule has 0 bridgehead atoms. The van der Waals surface area contributed by atoms with Gasteiger partial charge in [-0.25, -0.2) is 0 Å². The Labute approximate surface area is 154 Å². The van der Waals surface area contributed by atoms with Gasteiger partial charge in [0.25, 0.3) is 11.8 Å². The molecule has 2 heterocycles. The van der Waals surface area contributed by atoms with E-state index >= 15 is 0 Å². The van der Waals surface area contributed by atoms with Gasteiger partial charge in [-0.2, -0.15) is 0 Å². The first kappa shape index (κ1) is 18.1. The SMILES string of the molecule is CCCCCNC(=O)c1cc(C(=O)N2c3ccccc3CC2C)ccn1. The number of carbonyl (C=O) groups is 2. The molecule has 1 aliphatic heterocycles. The van der Waals surface area contributed by atoms with Crippen LogP contribution in [0.4, 0.5) is 5.69 Å². The average molecular weight is 351 g/mol. The molecule has 0 radical (unpaired) electrons. The van der Waals surface area contributed by atoms with Crippen molar-refractivity contribution in [2.75, 3.05) is 11.4 Å². The highest BCUT2D eigenvalue weighted by molar-refractivity contribution is 6.08. The number of hydrogen-bond donors (Lipinski definition) is 1. The van der Waals surface area contributed by atoms with Gasteiger partial charge < -0.3 is 10.2 Å². The number of anilines is 1. The third-order valence-electron chi connectivity index (χ3n) is 4.73. The molecular formula is C21H25N3O2. The van der Waals surface area contributed by atoms with E-state index in [9.17, 15) is 9.59 Å². The maximum absolute atomic E-state index is 13.1. The van der Waals surface area contributed by atoms with Gasteiger partial charge in [-0.05, 0) is 43.5 Å². The van der Waals surface area contributed by atoms with Crippen molar-refractivity contribution in [3.63, 3.8) is 0 Å². The lowest BCUT2D eigenvalue weighted by Gasteiger charge is -2.23. The van der Waals surface area contributed by atoms with Crippen molar-refractivity contribution in [3.8, 4) is 0 Å². The van der Waals surface area contributed by atoms with E-state index in [1.54, 1.807) is 12.1 Å². The van der Waals surface area contributed by atoms with Gasteiger partial charge in [0, 0.05) is 30.0 Å². The van der Waals surface area contributed by atoms with Crippen LogP contribution in [0.15, 0.2) is 42.6 Å². The number of nitrogens with zero attached hydrogens (tertiary/aromatic N) is 2. The number of benzene rings is 1. The minimum atomic E-state index is -0.231. The maximum atomic E-state index is 13.1. The number of fused-ring (bicyclic) bond motifs is 1. The van der Waals surface area contributed by atoms with Crippen LogP contribution in [-0.4, -0.2) is 29.4 Å². The molecule has 1 atom stereocenters. The summed E-state index contributed by atoms with van der Waals surface area (Å²) in [7, 11) is 0. The first-order valence-corrected chi connectivity index (χ1v) is 9.27. The molecule has 26 heavy (non-hydrogen) atoms. The highest BCUT2D eigenvalue weighted by atomic mass is 16.2. The van der Waals surface area contributed by atoms with Crippen molar-refractivity contribution in [1.82, 2.24) is 10.3 Å².